The van der Waals surface area contributed by atoms with Crippen molar-refractivity contribution in [2.75, 3.05) is 26.2 Å². The first-order valence-electron chi connectivity index (χ1n) is 7.99. The van der Waals surface area contributed by atoms with Gasteiger partial charge < -0.3 is 10.4 Å². The Morgan fingerprint density at radius 3 is 2.71 bits per heavy atom. The molecule has 0 radical (unpaired) electrons. The summed E-state index contributed by atoms with van der Waals surface area (Å²) in [6.07, 6.45) is 3.27. The van der Waals surface area contributed by atoms with E-state index in [2.05, 4.69) is 29.3 Å². The van der Waals surface area contributed by atoms with Gasteiger partial charge in [-0.1, -0.05) is 36.7 Å². The van der Waals surface area contributed by atoms with E-state index in [4.69, 9.17) is 16.7 Å². The van der Waals surface area contributed by atoms with E-state index in [1.54, 1.807) is 0 Å². The van der Waals surface area contributed by atoms with Gasteiger partial charge in [-0.3, -0.25) is 4.90 Å². The molecule has 2 N–H and O–H groups in total. The molecule has 0 saturated carbocycles. The normalized spacial score (nSPS) is 18.8. The predicted octanol–water partition coefficient (Wildman–Crippen LogP) is 2.91. The van der Waals surface area contributed by atoms with Crippen LogP contribution in [0.1, 0.15) is 31.7 Å². The van der Waals surface area contributed by atoms with Crippen molar-refractivity contribution >= 4 is 11.6 Å². The number of aliphatic hydroxyl groups is 1. The molecule has 0 bridgehead atoms. The summed E-state index contributed by atoms with van der Waals surface area (Å²) in [7, 11) is 0. The summed E-state index contributed by atoms with van der Waals surface area (Å²) in [5.41, 5.74) is 1.22. The highest BCUT2D eigenvalue weighted by Gasteiger charge is 2.19. The lowest BCUT2D eigenvalue weighted by molar-refractivity contribution is 0.185. The quantitative estimate of drug-likeness (QED) is 0.813. The second kappa shape index (κ2) is 8.74. The highest BCUT2D eigenvalue weighted by molar-refractivity contribution is 6.31. The summed E-state index contributed by atoms with van der Waals surface area (Å²) < 4.78 is 0. The van der Waals surface area contributed by atoms with Crippen molar-refractivity contribution in [1.82, 2.24) is 10.2 Å². The van der Waals surface area contributed by atoms with Gasteiger partial charge in [-0.25, -0.2) is 0 Å². The molecule has 0 aromatic heterocycles. The number of hydrogen-bond donors (Lipinski definition) is 2. The van der Waals surface area contributed by atoms with E-state index in [9.17, 15) is 0 Å². The molecule has 1 aromatic rings. The molecule has 1 saturated heterocycles. The lowest BCUT2D eigenvalue weighted by Crippen LogP contribution is -2.43. The molecular formula is C17H27ClN2O. The molecule has 3 nitrogen and oxygen atoms in total. The first-order chi connectivity index (χ1) is 10.2. The van der Waals surface area contributed by atoms with Gasteiger partial charge >= 0.3 is 0 Å². The second-order valence-electron chi connectivity index (χ2n) is 6.17. The Morgan fingerprint density at radius 2 is 2.05 bits per heavy atom. The van der Waals surface area contributed by atoms with Crippen LogP contribution in [0.25, 0.3) is 0 Å². The number of rotatable bonds is 7. The van der Waals surface area contributed by atoms with Gasteiger partial charge in [-0.2, -0.15) is 0 Å². The van der Waals surface area contributed by atoms with E-state index in [1.165, 1.54) is 18.4 Å². The number of nitrogens with one attached hydrogen (secondary N) is 1. The van der Waals surface area contributed by atoms with E-state index in [0.717, 1.165) is 37.6 Å². The van der Waals surface area contributed by atoms with Gasteiger partial charge in [-0.05, 0) is 56.4 Å². The standard InChI is InChI=1S/C17H27ClN2O/c1-14(8-11-21)12-19-16-6-9-20(10-7-16)13-15-4-2-3-5-17(15)18/h2-5,14,16,19,21H,6-13H2,1H3. The molecular weight excluding hydrogens is 284 g/mol. The predicted molar refractivity (Wildman–Crippen MR) is 88.6 cm³/mol. The first kappa shape index (κ1) is 16.8. The van der Waals surface area contributed by atoms with Gasteiger partial charge in [-0.15, -0.1) is 0 Å². The van der Waals surface area contributed by atoms with Crippen LogP contribution in [-0.2, 0) is 6.54 Å². The van der Waals surface area contributed by atoms with Crippen LogP contribution in [0.2, 0.25) is 5.02 Å². The van der Waals surface area contributed by atoms with E-state index in [-0.39, 0.29) is 0 Å². The third kappa shape index (κ3) is 5.59. The zero-order chi connectivity index (χ0) is 15.1. The molecule has 1 fully saturated rings. The Bertz CT molecular complexity index is 419. The molecule has 0 amide bonds. The maximum atomic E-state index is 8.93. The summed E-state index contributed by atoms with van der Waals surface area (Å²) >= 11 is 6.23. The summed E-state index contributed by atoms with van der Waals surface area (Å²) in [5.74, 6) is 0.552. The van der Waals surface area contributed by atoms with Gasteiger partial charge in [0.15, 0.2) is 0 Å². The number of piperidine rings is 1. The molecule has 1 aliphatic heterocycles. The summed E-state index contributed by atoms with van der Waals surface area (Å²) in [6, 6.07) is 8.73. The summed E-state index contributed by atoms with van der Waals surface area (Å²) in [4.78, 5) is 2.48. The van der Waals surface area contributed by atoms with Gasteiger partial charge in [0.05, 0.1) is 0 Å². The van der Waals surface area contributed by atoms with Crippen LogP contribution in [0, 0.1) is 5.92 Å². The topological polar surface area (TPSA) is 35.5 Å². The van der Waals surface area contributed by atoms with Crippen molar-refractivity contribution in [1.29, 1.82) is 0 Å². The average molecular weight is 311 g/mol. The van der Waals surface area contributed by atoms with E-state index < -0.39 is 0 Å². The second-order valence-corrected chi connectivity index (χ2v) is 6.57. The van der Waals surface area contributed by atoms with Crippen molar-refractivity contribution in [2.24, 2.45) is 5.92 Å². The van der Waals surface area contributed by atoms with Crippen LogP contribution >= 0.6 is 11.6 Å². The van der Waals surface area contributed by atoms with Crippen LogP contribution < -0.4 is 5.32 Å². The zero-order valence-electron chi connectivity index (χ0n) is 12.9. The number of likely N-dealkylation sites (tertiary alicyclic amines) is 1. The van der Waals surface area contributed by atoms with Gasteiger partial charge in [0.2, 0.25) is 0 Å². The van der Waals surface area contributed by atoms with Crippen LogP contribution in [-0.4, -0.2) is 42.3 Å². The molecule has 4 heteroatoms. The molecule has 1 atom stereocenters. The van der Waals surface area contributed by atoms with Gasteiger partial charge in [0.25, 0.3) is 0 Å². The van der Waals surface area contributed by atoms with Crippen molar-refractivity contribution < 1.29 is 5.11 Å². The van der Waals surface area contributed by atoms with Crippen molar-refractivity contribution in [2.45, 2.75) is 38.8 Å². The molecule has 2 rings (SSSR count). The number of aliphatic hydroxyl groups excluding tert-OH is 1. The fourth-order valence-corrected chi connectivity index (χ4v) is 3.05. The number of nitrogens with zero attached hydrogens (tertiary/aromatic N) is 1. The third-order valence-corrected chi connectivity index (χ3v) is 4.68. The molecule has 21 heavy (non-hydrogen) atoms. The highest BCUT2D eigenvalue weighted by atomic mass is 35.5. The number of hydrogen-bond acceptors (Lipinski definition) is 3. The van der Waals surface area contributed by atoms with E-state index in [0.29, 0.717) is 18.6 Å². The Morgan fingerprint density at radius 1 is 1.33 bits per heavy atom. The maximum Gasteiger partial charge on any atom is 0.0451 e. The Balaban J connectivity index is 1.70. The first-order valence-corrected chi connectivity index (χ1v) is 8.37. The van der Waals surface area contributed by atoms with Crippen LogP contribution in [0.3, 0.4) is 0 Å². The fraction of sp³-hybridized carbons (Fsp3) is 0.647. The molecule has 1 aliphatic rings. The molecule has 1 heterocycles. The minimum Gasteiger partial charge on any atom is -0.396 e. The average Bonchev–Trinajstić information content (AvgIpc) is 2.49. The van der Waals surface area contributed by atoms with Gasteiger partial charge in [0, 0.05) is 24.2 Å². The van der Waals surface area contributed by atoms with E-state index >= 15 is 0 Å². The zero-order valence-corrected chi connectivity index (χ0v) is 13.6. The van der Waals surface area contributed by atoms with Crippen molar-refractivity contribution in [3.63, 3.8) is 0 Å². The summed E-state index contributed by atoms with van der Waals surface area (Å²) in [6.45, 7) is 6.69. The smallest absolute Gasteiger partial charge is 0.0451 e. The lowest BCUT2D eigenvalue weighted by atomic mass is 10.0. The minimum absolute atomic E-state index is 0.291. The van der Waals surface area contributed by atoms with Gasteiger partial charge in [0.1, 0.15) is 0 Å². The monoisotopic (exact) mass is 310 g/mol. The number of benzene rings is 1. The lowest BCUT2D eigenvalue weighted by Gasteiger charge is -2.33. The molecule has 118 valence electrons. The van der Waals surface area contributed by atoms with E-state index in [1.807, 2.05) is 12.1 Å². The van der Waals surface area contributed by atoms with Crippen LogP contribution in [0.15, 0.2) is 24.3 Å². The minimum atomic E-state index is 0.291. The molecule has 1 aromatic carbocycles. The molecule has 0 aliphatic carbocycles. The Kier molecular flexibility index (Phi) is 6.97. The number of halogens is 1. The SMILES string of the molecule is CC(CCO)CNC1CCN(Cc2ccccc2Cl)CC1. The summed E-state index contributed by atoms with van der Waals surface area (Å²) in [5, 5.41) is 13.4. The Hall–Kier alpha value is -0.610. The molecule has 0 spiro atoms. The largest absolute Gasteiger partial charge is 0.396 e. The fourth-order valence-electron chi connectivity index (χ4n) is 2.85. The van der Waals surface area contributed by atoms with Crippen molar-refractivity contribution in [3.05, 3.63) is 34.9 Å². The van der Waals surface area contributed by atoms with Crippen molar-refractivity contribution in [3.8, 4) is 0 Å². The van der Waals surface area contributed by atoms with Crippen LogP contribution in [0.4, 0.5) is 0 Å². The maximum absolute atomic E-state index is 8.93. The molecule has 1 unspecified atom stereocenters. The highest BCUT2D eigenvalue weighted by Crippen LogP contribution is 2.19. The Labute approximate surface area is 133 Å². The third-order valence-electron chi connectivity index (χ3n) is 4.32. The van der Waals surface area contributed by atoms with Crippen LogP contribution in [0.5, 0.6) is 0 Å².